The van der Waals surface area contributed by atoms with Crippen molar-refractivity contribution in [2.45, 2.75) is 19.3 Å². The van der Waals surface area contributed by atoms with E-state index in [1.54, 1.807) is 29.3 Å². The predicted molar refractivity (Wildman–Crippen MR) is 112 cm³/mol. The van der Waals surface area contributed by atoms with Crippen LogP contribution in [0.3, 0.4) is 0 Å². The molecule has 8 heteroatoms. The Balaban J connectivity index is 1.82. The molecular weight excluding hydrogens is 399 g/mol. The second-order valence-corrected chi connectivity index (χ2v) is 7.14. The minimum absolute atomic E-state index is 0.0325. The van der Waals surface area contributed by atoms with Gasteiger partial charge in [0.15, 0.2) is 0 Å². The SMILES string of the molecule is N#C/C(=C\c1c(Oc2ccc(F)cc2)nc2ccccn2c1=O)C(=O)N1CCCCC1. The van der Waals surface area contributed by atoms with Crippen LogP contribution in [0.5, 0.6) is 11.6 Å². The quantitative estimate of drug-likeness (QED) is 0.478. The van der Waals surface area contributed by atoms with Crippen LogP contribution in [0.2, 0.25) is 0 Å². The molecule has 1 amide bonds. The summed E-state index contributed by atoms with van der Waals surface area (Å²) in [6.45, 7) is 1.15. The molecule has 0 aliphatic carbocycles. The van der Waals surface area contributed by atoms with Crippen molar-refractivity contribution in [3.05, 3.63) is 76.0 Å². The summed E-state index contributed by atoms with van der Waals surface area (Å²) in [4.78, 5) is 32.0. The molecular formula is C23H19FN4O3. The number of ether oxygens (including phenoxy) is 1. The van der Waals surface area contributed by atoms with Gasteiger partial charge < -0.3 is 9.64 Å². The molecule has 0 atom stereocenters. The first kappa shape index (κ1) is 20.3. The summed E-state index contributed by atoms with van der Waals surface area (Å²) in [6.07, 6.45) is 5.57. The highest BCUT2D eigenvalue weighted by Crippen LogP contribution is 2.25. The molecule has 156 valence electrons. The Morgan fingerprint density at radius 3 is 2.58 bits per heavy atom. The van der Waals surface area contributed by atoms with Gasteiger partial charge in [-0.05, 0) is 61.7 Å². The van der Waals surface area contributed by atoms with Crippen LogP contribution in [0.4, 0.5) is 4.39 Å². The number of nitriles is 1. The summed E-state index contributed by atoms with van der Waals surface area (Å²) in [6, 6.07) is 12.2. The molecule has 1 saturated heterocycles. The third-order valence-corrected chi connectivity index (χ3v) is 5.05. The Morgan fingerprint density at radius 2 is 1.87 bits per heavy atom. The third-order valence-electron chi connectivity index (χ3n) is 5.05. The summed E-state index contributed by atoms with van der Waals surface area (Å²) >= 11 is 0. The smallest absolute Gasteiger partial charge is 0.269 e. The maximum atomic E-state index is 13.2. The lowest BCUT2D eigenvalue weighted by molar-refractivity contribution is -0.127. The van der Waals surface area contributed by atoms with Gasteiger partial charge in [-0.2, -0.15) is 10.2 Å². The number of amides is 1. The molecule has 31 heavy (non-hydrogen) atoms. The Labute approximate surface area is 177 Å². The van der Waals surface area contributed by atoms with E-state index in [9.17, 15) is 19.2 Å². The first-order chi connectivity index (χ1) is 15.1. The lowest BCUT2D eigenvalue weighted by Gasteiger charge is -2.26. The molecule has 0 N–H and O–H groups in total. The lowest BCUT2D eigenvalue weighted by atomic mass is 10.1. The number of likely N-dealkylation sites (tertiary alicyclic amines) is 1. The van der Waals surface area contributed by atoms with Crippen LogP contribution in [0.25, 0.3) is 11.7 Å². The van der Waals surface area contributed by atoms with E-state index in [-0.39, 0.29) is 22.8 Å². The van der Waals surface area contributed by atoms with Crippen LogP contribution >= 0.6 is 0 Å². The lowest BCUT2D eigenvalue weighted by Crippen LogP contribution is -2.36. The van der Waals surface area contributed by atoms with E-state index in [2.05, 4.69) is 4.98 Å². The van der Waals surface area contributed by atoms with Gasteiger partial charge in [-0.3, -0.25) is 14.0 Å². The maximum Gasteiger partial charge on any atom is 0.269 e. The van der Waals surface area contributed by atoms with E-state index in [1.807, 2.05) is 6.07 Å². The zero-order valence-electron chi connectivity index (χ0n) is 16.6. The second kappa shape index (κ2) is 8.79. The van der Waals surface area contributed by atoms with Crippen molar-refractivity contribution in [1.82, 2.24) is 14.3 Å². The number of pyridine rings is 1. The molecule has 0 saturated carbocycles. The average Bonchev–Trinajstić information content (AvgIpc) is 2.81. The van der Waals surface area contributed by atoms with Crippen molar-refractivity contribution >= 4 is 17.6 Å². The van der Waals surface area contributed by atoms with Crippen LogP contribution in [0.15, 0.2) is 59.0 Å². The van der Waals surface area contributed by atoms with Crippen molar-refractivity contribution in [3.63, 3.8) is 0 Å². The molecule has 0 radical (unpaired) electrons. The number of hydrogen-bond acceptors (Lipinski definition) is 5. The van der Waals surface area contributed by atoms with Crippen LogP contribution in [0, 0.1) is 17.1 Å². The minimum Gasteiger partial charge on any atom is -0.438 e. The van der Waals surface area contributed by atoms with Crippen molar-refractivity contribution in [2.75, 3.05) is 13.1 Å². The molecule has 1 aliphatic heterocycles. The van der Waals surface area contributed by atoms with Crippen molar-refractivity contribution in [3.8, 4) is 17.7 Å². The average molecular weight is 418 g/mol. The number of benzene rings is 1. The number of hydrogen-bond donors (Lipinski definition) is 0. The number of carbonyl (C=O) groups excluding carboxylic acids is 1. The normalized spacial score (nSPS) is 14.3. The van der Waals surface area contributed by atoms with Gasteiger partial charge in [0.05, 0.1) is 0 Å². The number of rotatable bonds is 4. The molecule has 4 rings (SSSR count). The van der Waals surface area contributed by atoms with Crippen LogP contribution in [-0.4, -0.2) is 33.3 Å². The van der Waals surface area contributed by atoms with Gasteiger partial charge >= 0.3 is 0 Å². The molecule has 0 spiro atoms. The van der Waals surface area contributed by atoms with E-state index in [0.29, 0.717) is 18.7 Å². The Morgan fingerprint density at radius 1 is 1.13 bits per heavy atom. The zero-order valence-corrected chi connectivity index (χ0v) is 16.6. The molecule has 1 aliphatic rings. The summed E-state index contributed by atoms with van der Waals surface area (Å²) in [7, 11) is 0. The fraction of sp³-hybridized carbons (Fsp3) is 0.217. The Hall–Kier alpha value is -3.99. The largest absolute Gasteiger partial charge is 0.438 e. The zero-order chi connectivity index (χ0) is 21.8. The molecule has 1 fully saturated rings. The van der Waals surface area contributed by atoms with E-state index < -0.39 is 17.3 Å². The van der Waals surface area contributed by atoms with E-state index in [1.165, 1.54) is 34.7 Å². The highest BCUT2D eigenvalue weighted by molar-refractivity contribution is 6.02. The van der Waals surface area contributed by atoms with Gasteiger partial charge in [-0.1, -0.05) is 6.07 Å². The van der Waals surface area contributed by atoms with Gasteiger partial charge in [0.2, 0.25) is 5.88 Å². The summed E-state index contributed by atoms with van der Waals surface area (Å²) in [5.41, 5.74) is -0.347. The Kier molecular flexibility index (Phi) is 5.76. The fourth-order valence-electron chi connectivity index (χ4n) is 3.45. The number of halogens is 1. The number of carbonyl (C=O) groups is 1. The standard InChI is InChI=1S/C23H19FN4O3/c24-17-7-9-18(10-8-17)31-21-19(23(30)28-13-5-2-6-20(28)26-21)14-16(15-25)22(29)27-11-3-1-4-12-27/h2,5-10,13-14H,1,3-4,11-12H2/b16-14+. The highest BCUT2D eigenvalue weighted by atomic mass is 19.1. The predicted octanol–water partition coefficient (Wildman–Crippen LogP) is 3.55. The third kappa shape index (κ3) is 4.31. The number of piperidine rings is 1. The van der Waals surface area contributed by atoms with Crippen LogP contribution in [0.1, 0.15) is 24.8 Å². The van der Waals surface area contributed by atoms with Crippen molar-refractivity contribution < 1.29 is 13.9 Å². The van der Waals surface area contributed by atoms with E-state index in [4.69, 9.17) is 4.74 Å². The van der Waals surface area contributed by atoms with Crippen molar-refractivity contribution in [2.24, 2.45) is 0 Å². The van der Waals surface area contributed by atoms with E-state index >= 15 is 0 Å². The molecule has 2 aromatic heterocycles. The molecule has 0 bridgehead atoms. The topological polar surface area (TPSA) is 87.7 Å². The molecule has 1 aromatic carbocycles. The van der Waals surface area contributed by atoms with Gasteiger partial charge in [0, 0.05) is 19.3 Å². The number of nitrogens with zero attached hydrogens (tertiary/aromatic N) is 4. The Bertz CT molecular complexity index is 1250. The van der Waals surface area contributed by atoms with E-state index in [0.717, 1.165) is 19.3 Å². The second-order valence-electron chi connectivity index (χ2n) is 7.14. The maximum absolute atomic E-state index is 13.2. The van der Waals surface area contributed by atoms with Crippen LogP contribution < -0.4 is 10.3 Å². The minimum atomic E-state index is -0.484. The first-order valence-corrected chi connectivity index (χ1v) is 9.93. The molecule has 7 nitrogen and oxygen atoms in total. The van der Waals surface area contributed by atoms with Crippen LogP contribution in [-0.2, 0) is 4.79 Å². The summed E-state index contributed by atoms with van der Waals surface area (Å²) < 4.78 is 20.3. The summed E-state index contributed by atoms with van der Waals surface area (Å²) in [5.74, 6) is -0.656. The molecule has 3 heterocycles. The highest BCUT2D eigenvalue weighted by Gasteiger charge is 2.22. The fourth-order valence-corrected chi connectivity index (χ4v) is 3.45. The van der Waals surface area contributed by atoms with Gasteiger partial charge in [-0.15, -0.1) is 0 Å². The van der Waals surface area contributed by atoms with Gasteiger partial charge in [0.25, 0.3) is 11.5 Å². The molecule has 0 unspecified atom stereocenters. The van der Waals surface area contributed by atoms with Gasteiger partial charge in [-0.25, -0.2) is 4.39 Å². The first-order valence-electron chi connectivity index (χ1n) is 9.93. The van der Waals surface area contributed by atoms with Gasteiger partial charge in [0.1, 0.15) is 34.4 Å². The molecule has 3 aromatic rings. The summed E-state index contributed by atoms with van der Waals surface area (Å²) in [5, 5.41) is 9.63. The van der Waals surface area contributed by atoms with Crippen molar-refractivity contribution in [1.29, 1.82) is 5.26 Å². The number of aromatic nitrogens is 2. The monoisotopic (exact) mass is 418 g/mol. The number of fused-ring (bicyclic) bond motifs is 1.